The zero-order valence-electron chi connectivity index (χ0n) is 19.8. The first-order chi connectivity index (χ1) is 16.0. The molecule has 0 heterocycles. The summed E-state index contributed by atoms with van der Waals surface area (Å²) < 4.78 is 26.9. The molecule has 0 saturated carbocycles. The third kappa shape index (κ3) is 7.43. The number of carbonyl (C=O) groups excluding carboxylic acids is 2. The summed E-state index contributed by atoms with van der Waals surface area (Å²) in [5.41, 5.74) is 0.774. The van der Waals surface area contributed by atoms with E-state index in [1.807, 2.05) is 20.8 Å². The lowest BCUT2D eigenvalue weighted by atomic mass is 10.1. The molecule has 7 nitrogen and oxygen atoms in total. The van der Waals surface area contributed by atoms with Gasteiger partial charge >= 0.3 is 0 Å². The predicted octanol–water partition coefficient (Wildman–Crippen LogP) is 4.34. The van der Waals surface area contributed by atoms with E-state index in [1.54, 1.807) is 24.3 Å². The Morgan fingerprint density at radius 3 is 1.97 bits per heavy atom. The van der Waals surface area contributed by atoms with E-state index in [-0.39, 0.29) is 23.4 Å². The van der Waals surface area contributed by atoms with Crippen LogP contribution < -0.4 is 5.32 Å². The average Bonchev–Trinajstić information content (AvgIpc) is 2.80. The lowest BCUT2D eigenvalue weighted by Gasteiger charge is -2.32. The Balaban J connectivity index is 2.32. The highest BCUT2D eigenvalue weighted by molar-refractivity contribution is 7.89. The van der Waals surface area contributed by atoms with Crippen LogP contribution in [0.3, 0.4) is 0 Å². The van der Waals surface area contributed by atoms with Crippen molar-refractivity contribution in [3.8, 4) is 0 Å². The fourth-order valence-corrected chi connectivity index (χ4v) is 4.67. The minimum Gasteiger partial charge on any atom is -0.352 e. The lowest BCUT2D eigenvalue weighted by molar-refractivity contribution is -0.141. The first-order valence-electron chi connectivity index (χ1n) is 11.1. The SMILES string of the molecule is CC[C@@H](C)NC(=O)[C@H](CC)N(Cc1ccc(Cl)cc1)C(=O)CN(C)S(=O)(=O)c1ccc(Cl)cc1. The number of carbonyl (C=O) groups is 2. The zero-order valence-corrected chi connectivity index (χ0v) is 22.1. The van der Waals surface area contributed by atoms with Gasteiger partial charge in [0.2, 0.25) is 21.8 Å². The molecule has 2 atom stereocenters. The van der Waals surface area contributed by atoms with Crippen molar-refractivity contribution in [2.45, 2.75) is 57.1 Å². The standard InChI is InChI=1S/C24H31Cl2N3O4S/c1-5-17(3)27-24(31)22(6-2)29(15-18-7-9-19(25)10-8-18)23(30)16-28(4)34(32,33)21-13-11-20(26)12-14-21/h7-14,17,22H,5-6,15-16H2,1-4H3,(H,27,31)/t17-,22+/m1/s1. The summed E-state index contributed by atoms with van der Waals surface area (Å²) in [6.07, 6.45) is 1.12. The average molecular weight is 529 g/mol. The lowest BCUT2D eigenvalue weighted by Crippen LogP contribution is -2.53. The molecule has 0 aromatic heterocycles. The van der Waals surface area contributed by atoms with Gasteiger partial charge in [-0.15, -0.1) is 0 Å². The summed E-state index contributed by atoms with van der Waals surface area (Å²) in [4.78, 5) is 27.9. The van der Waals surface area contributed by atoms with Gasteiger partial charge in [-0.05, 0) is 61.7 Å². The normalized spacial score (nSPS) is 13.4. The summed E-state index contributed by atoms with van der Waals surface area (Å²) in [6.45, 7) is 5.38. The van der Waals surface area contributed by atoms with Gasteiger partial charge in [0.05, 0.1) is 11.4 Å². The molecule has 0 fully saturated rings. The molecule has 0 spiro atoms. The Kier molecular flexibility index (Phi) is 10.4. The molecule has 2 amide bonds. The first-order valence-corrected chi connectivity index (χ1v) is 13.2. The number of nitrogens with one attached hydrogen (secondary N) is 1. The first kappa shape index (κ1) is 28.1. The highest BCUT2D eigenvalue weighted by atomic mass is 35.5. The molecule has 0 aliphatic carbocycles. The van der Waals surface area contributed by atoms with Gasteiger partial charge in [-0.25, -0.2) is 8.42 Å². The maximum absolute atomic E-state index is 13.4. The molecule has 1 N–H and O–H groups in total. The van der Waals surface area contributed by atoms with Crippen molar-refractivity contribution in [2.75, 3.05) is 13.6 Å². The van der Waals surface area contributed by atoms with Crippen LogP contribution in [0.25, 0.3) is 0 Å². The van der Waals surface area contributed by atoms with E-state index in [2.05, 4.69) is 5.32 Å². The second kappa shape index (κ2) is 12.5. The Morgan fingerprint density at radius 1 is 0.941 bits per heavy atom. The highest BCUT2D eigenvalue weighted by Gasteiger charge is 2.32. The van der Waals surface area contributed by atoms with Gasteiger partial charge in [0.25, 0.3) is 0 Å². The van der Waals surface area contributed by atoms with Gasteiger partial charge in [0, 0.05) is 29.7 Å². The van der Waals surface area contributed by atoms with Gasteiger partial charge in [-0.3, -0.25) is 9.59 Å². The molecule has 2 aromatic carbocycles. The van der Waals surface area contributed by atoms with E-state index >= 15 is 0 Å². The van der Waals surface area contributed by atoms with Gasteiger partial charge in [0.15, 0.2) is 0 Å². The van der Waals surface area contributed by atoms with Crippen LogP contribution in [0.2, 0.25) is 10.0 Å². The van der Waals surface area contributed by atoms with Gasteiger partial charge < -0.3 is 10.2 Å². The van der Waals surface area contributed by atoms with E-state index in [4.69, 9.17) is 23.2 Å². The summed E-state index contributed by atoms with van der Waals surface area (Å²) in [5.74, 6) is -0.761. The minimum atomic E-state index is -3.93. The van der Waals surface area contributed by atoms with Crippen LogP contribution in [0, 0.1) is 0 Å². The number of hydrogen-bond donors (Lipinski definition) is 1. The number of halogens is 2. The number of rotatable bonds is 11. The monoisotopic (exact) mass is 527 g/mol. The van der Waals surface area contributed by atoms with Crippen LogP contribution in [0.15, 0.2) is 53.4 Å². The van der Waals surface area contributed by atoms with Crippen molar-refractivity contribution in [2.24, 2.45) is 0 Å². The fraction of sp³-hybridized carbons (Fsp3) is 0.417. The van der Waals surface area contributed by atoms with E-state index in [9.17, 15) is 18.0 Å². The third-order valence-corrected chi connectivity index (χ3v) is 7.85. The minimum absolute atomic E-state index is 0.0259. The molecule has 10 heteroatoms. The quantitative estimate of drug-likeness (QED) is 0.470. The van der Waals surface area contributed by atoms with Crippen molar-refractivity contribution in [3.63, 3.8) is 0 Å². The van der Waals surface area contributed by atoms with Gasteiger partial charge in [-0.2, -0.15) is 4.31 Å². The van der Waals surface area contributed by atoms with Crippen molar-refractivity contribution in [3.05, 3.63) is 64.1 Å². The Bertz CT molecular complexity index is 1080. The summed E-state index contributed by atoms with van der Waals surface area (Å²) in [7, 11) is -2.59. The number of sulfonamides is 1. The molecular weight excluding hydrogens is 497 g/mol. The van der Waals surface area contributed by atoms with Gasteiger partial charge in [0.1, 0.15) is 6.04 Å². The topological polar surface area (TPSA) is 86.8 Å². The summed E-state index contributed by atoms with van der Waals surface area (Å²) in [6, 6.07) is 11.9. The Morgan fingerprint density at radius 2 is 1.47 bits per heavy atom. The van der Waals surface area contributed by atoms with Crippen LogP contribution in [0.4, 0.5) is 0 Å². The molecule has 0 aliphatic rings. The Labute approximate surface area is 212 Å². The predicted molar refractivity (Wildman–Crippen MR) is 135 cm³/mol. The molecule has 0 unspecified atom stereocenters. The maximum atomic E-state index is 13.4. The second-order valence-electron chi connectivity index (χ2n) is 8.11. The number of likely N-dealkylation sites (N-methyl/N-ethyl adjacent to an activating group) is 1. The fourth-order valence-electron chi connectivity index (χ4n) is 3.30. The van der Waals surface area contributed by atoms with E-state index in [0.29, 0.717) is 16.5 Å². The summed E-state index contributed by atoms with van der Waals surface area (Å²) in [5, 5.41) is 3.89. The molecule has 0 bridgehead atoms. The van der Waals surface area contributed by atoms with Crippen LogP contribution >= 0.6 is 23.2 Å². The molecule has 0 radical (unpaired) electrons. The molecular formula is C24H31Cl2N3O4S. The third-order valence-electron chi connectivity index (χ3n) is 5.53. The number of nitrogens with zero attached hydrogens (tertiary/aromatic N) is 2. The highest BCUT2D eigenvalue weighted by Crippen LogP contribution is 2.19. The van der Waals surface area contributed by atoms with E-state index in [0.717, 1.165) is 16.3 Å². The number of amides is 2. The van der Waals surface area contributed by atoms with Crippen LogP contribution in [0.5, 0.6) is 0 Å². The van der Waals surface area contributed by atoms with Gasteiger partial charge in [-0.1, -0.05) is 49.2 Å². The summed E-state index contributed by atoms with van der Waals surface area (Å²) >= 11 is 11.9. The largest absolute Gasteiger partial charge is 0.352 e. The molecule has 186 valence electrons. The van der Waals surface area contributed by atoms with Crippen molar-refractivity contribution in [1.82, 2.24) is 14.5 Å². The molecule has 2 rings (SSSR count). The number of benzene rings is 2. The maximum Gasteiger partial charge on any atom is 0.243 e. The van der Waals surface area contributed by atoms with E-state index in [1.165, 1.54) is 36.2 Å². The molecule has 0 aliphatic heterocycles. The van der Waals surface area contributed by atoms with Crippen LogP contribution in [-0.2, 0) is 26.2 Å². The molecule has 0 saturated heterocycles. The zero-order chi connectivity index (χ0) is 25.5. The molecule has 34 heavy (non-hydrogen) atoms. The van der Waals surface area contributed by atoms with Crippen LogP contribution in [0.1, 0.15) is 39.2 Å². The van der Waals surface area contributed by atoms with Crippen LogP contribution in [-0.4, -0.2) is 55.1 Å². The molecule has 2 aromatic rings. The second-order valence-corrected chi connectivity index (χ2v) is 11.0. The van der Waals surface area contributed by atoms with E-state index < -0.39 is 28.5 Å². The van der Waals surface area contributed by atoms with Crippen molar-refractivity contribution < 1.29 is 18.0 Å². The van der Waals surface area contributed by atoms with Crippen molar-refractivity contribution in [1.29, 1.82) is 0 Å². The Hall–Kier alpha value is -2.13. The van der Waals surface area contributed by atoms with Crippen molar-refractivity contribution >= 4 is 45.0 Å². The number of hydrogen-bond acceptors (Lipinski definition) is 4. The smallest absolute Gasteiger partial charge is 0.243 e.